The molecule has 0 fully saturated rings. The summed E-state index contributed by atoms with van der Waals surface area (Å²) in [6, 6.07) is 31.9. The molecule has 0 N–H and O–H groups in total. The Labute approximate surface area is 168 Å². The van der Waals surface area contributed by atoms with Crippen molar-refractivity contribution >= 4 is 0 Å². The minimum atomic E-state index is 0.822. The van der Waals surface area contributed by atoms with Gasteiger partial charge in [0, 0.05) is 12.7 Å². The van der Waals surface area contributed by atoms with Gasteiger partial charge in [-0.25, -0.2) is 0 Å². The van der Waals surface area contributed by atoms with Gasteiger partial charge < -0.3 is 4.90 Å². The van der Waals surface area contributed by atoms with Gasteiger partial charge in [0.2, 0.25) is 0 Å². The molecule has 0 unspecified atom stereocenters. The second kappa shape index (κ2) is 9.05. The Kier molecular flexibility index (Phi) is 5.84. The molecular weight excluding hydrogens is 338 g/mol. The molecule has 1 aliphatic rings. The lowest BCUT2D eigenvalue weighted by molar-refractivity contribution is 0.476. The van der Waals surface area contributed by atoms with Crippen molar-refractivity contribution in [3.05, 3.63) is 143 Å². The summed E-state index contributed by atoms with van der Waals surface area (Å²) in [5.41, 5.74) is 6.49. The Morgan fingerprint density at radius 3 is 1.75 bits per heavy atom. The Morgan fingerprint density at radius 1 is 0.607 bits per heavy atom. The zero-order chi connectivity index (χ0) is 19.0. The van der Waals surface area contributed by atoms with E-state index in [-0.39, 0.29) is 0 Å². The fourth-order valence-corrected chi connectivity index (χ4v) is 3.45. The first-order valence-electron chi connectivity index (χ1n) is 9.75. The van der Waals surface area contributed by atoms with Crippen molar-refractivity contribution in [2.24, 2.45) is 0 Å². The van der Waals surface area contributed by atoms with Crippen LogP contribution in [-0.4, -0.2) is 4.90 Å². The van der Waals surface area contributed by atoms with Gasteiger partial charge in [0.05, 0.1) is 6.20 Å². The molecule has 0 saturated heterocycles. The molecule has 4 rings (SSSR count). The quantitative estimate of drug-likeness (QED) is 0.511. The summed E-state index contributed by atoms with van der Waals surface area (Å²) in [7, 11) is 0. The molecule has 3 aromatic carbocycles. The van der Waals surface area contributed by atoms with Crippen LogP contribution in [0, 0.1) is 6.20 Å². The second-order valence-electron chi connectivity index (χ2n) is 7.06. The van der Waals surface area contributed by atoms with E-state index in [9.17, 15) is 0 Å². The van der Waals surface area contributed by atoms with Crippen LogP contribution in [0.4, 0.5) is 0 Å². The maximum atomic E-state index is 3.68. The van der Waals surface area contributed by atoms with E-state index in [2.05, 4.69) is 120 Å². The number of benzene rings is 3. The molecule has 3 aromatic rings. The molecular formula is C27H24N. The van der Waals surface area contributed by atoms with Crippen molar-refractivity contribution < 1.29 is 0 Å². The van der Waals surface area contributed by atoms with Crippen molar-refractivity contribution in [1.29, 1.82) is 0 Å². The van der Waals surface area contributed by atoms with Gasteiger partial charge in [0.25, 0.3) is 0 Å². The zero-order valence-corrected chi connectivity index (χ0v) is 16.0. The smallest absolute Gasteiger partial charge is 0.0692 e. The van der Waals surface area contributed by atoms with Gasteiger partial charge in [0.1, 0.15) is 0 Å². The molecule has 0 aromatic heterocycles. The third kappa shape index (κ3) is 4.89. The van der Waals surface area contributed by atoms with E-state index >= 15 is 0 Å². The van der Waals surface area contributed by atoms with Gasteiger partial charge in [-0.15, -0.1) is 0 Å². The largest absolute Gasteiger partial charge is 0.342 e. The van der Waals surface area contributed by atoms with Crippen LogP contribution in [0.3, 0.4) is 0 Å². The highest BCUT2D eigenvalue weighted by molar-refractivity contribution is 5.41. The lowest BCUT2D eigenvalue weighted by Gasteiger charge is -2.17. The second-order valence-corrected chi connectivity index (χ2v) is 7.06. The Bertz CT molecular complexity index is 967. The third-order valence-corrected chi connectivity index (χ3v) is 4.89. The Hall–Kier alpha value is -3.32. The summed E-state index contributed by atoms with van der Waals surface area (Å²) in [6.45, 7) is 0.822. The van der Waals surface area contributed by atoms with Gasteiger partial charge in [-0.2, -0.15) is 0 Å². The highest BCUT2D eigenvalue weighted by Gasteiger charge is 2.12. The summed E-state index contributed by atoms with van der Waals surface area (Å²) >= 11 is 0. The van der Waals surface area contributed by atoms with Crippen LogP contribution in [0.1, 0.15) is 16.7 Å². The molecule has 28 heavy (non-hydrogen) atoms. The first-order chi connectivity index (χ1) is 13.9. The Balaban J connectivity index is 1.61. The van der Waals surface area contributed by atoms with Crippen LogP contribution < -0.4 is 0 Å². The Morgan fingerprint density at radius 2 is 1.14 bits per heavy atom. The molecule has 137 valence electrons. The van der Waals surface area contributed by atoms with Crippen LogP contribution >= 0.6 is 0 Å². The highest BCUT2D eigenvalue weighted by Crippen LogP contribution is 2.24. The van der Waals surface area contributed by atoms with Crippen molar-refractivity contribution in [2.45, 2.75) is 19.4 Å². The van der Waals surface area contributed by atoms with E-state index in [1.54, 1.807) is 0 Å². The molecule has 0 amide bonds. The van der Waals surface area contributed by atoms with Gasteiger partial charge in [-0.1, -0.05) is 97.1 Å². The first-order valence-corrected chi connectivity index (χ1v) is 9.75. The van der Waals surface area contributed by atoms with Crippen molar-refractivity contribution in [2.75, 3.05) is 0 Å². The standard InChI is InChI=1S/C27H24N/c1-4-11-23(12-5-1)19-26-17-10-18-28(21-25-15-8-3-9-16-25)22-27(26)20-24-13-6-2-7-14-24/h1-18H,19-21H2. The third-order valence-electron chi connectivity index (χ3n) is 4.89. The fourth-order valence-electron chi connectivity index (χ4n) is 3.45. The van der Waals surface area contributed by atoms with Crippen LogP contribution in [0.15, 0.2) is 120 Å². The van der Waals surface area contributed by atoms with Gasteiger partial charge in [0.15, 0.2) is 0 Å². The van der Waals surface area contributed by atoms with Crippen LogP contribution in [-0.2, 0) is 19.4 Å². The molecule has 1 heterocycles. The topological polar surface area (TPSA) is 3.24 Å². The lowest BCUT2D eigenvalue weighted by atomic mass is 9.93. The number of rotatable bonds is 6. The van der Waals surface area contributed by atoms with Crippen LogP contribution in [0.25, 0.3) is 0 Å². The molecule has 1 aliphatic heterocycles. The van der Waals surface area contributed by atoms with E-state index in [4.69, 9.17) is 0 Å². The summed E-state index contributed by atoms with van der Waals surface area (Å²) in [6.07, 6.45) is 12.0. The molecule has 1 radical (unpaired) electrons. The fraction of sp³-hybridized carbons (Fsp3) is 0.111. The zero-order valence-electron chi connectivity index (χ0n) is 16.0. The molecule has 1 nitrogen and oxygen atoms in total. The number of nitrogens with zero attached hydrogens (tertiary/aromatic N) is 1. The maximum absolute atomic E-state index is 3.68. The average molecular weight is 362 g/mol. The normalized spacial score (nSPS) is 13.6. The predicted molar refractivity (Wildman–Crippen MR) is 116 cm³/mol. The predicted octanol–water partition coefficient (Wildman–Crippen LogP) is 6.11. The van der Waals surface area contributed by atoms with Crippen LogP contribution in [0.2, 0.25) is 0 Å². The van der Waals surface area contributed by atoms with Gasteiger partial charge in [-0.3, -0.25) is 0 Å². The van der Waals surface area contributed by atoms with E-state index in [0.29, 0.717) is 0 Å². The summed E-state index contributed by atoms with van der Waals surface area (Å²) in [5.74, 6) is 0. The molecule has 0 bridgehead atoms. The molecule has 0 aliphatic carbocycles. The highest BCUT2D eigenvalue weighted by atomic mass is 15.1. The van der Waals surface area contributed by atoms with Gasteiger partial charge >= 0.3 is 0 Å². The van der Waals surface area contributed by atoms with Crippen molar-refractivity contribution in [1.82, 2.24) is 4.90 Å². The number of hydrogen-bond acceptors (Lipinski definition) is 1. The SMILES string of the molecule is [C]1=C(Cc2ccccc2)C(Cc2ccccc2)=CC=CN1Cc1ccccc1. The summed E-state index contributed by atoms with van der Waals surface area (Å²) in [4.78, 5) is 2.17. The van der Waals surface area contributed by atoms with Crippen molar-refractivity contribution in [3.8, 4) is 0 Å². The minimum Gasteiger partial charge on any atom is -0.342 e. The van der Waals surface area contributed by atoms with Crippen LogP contribution in [0.5, 0.6) is 0 Å². The molecule has 0 atom stereocenters. The molecule has 0 saturated carbocycles. The lowest BCUT2D eigenvalue weighted by Crippen LogP contribution is -2.12. The van der Waals surface area contributed by atoms with E-state index in [1.165, 1.54) is 27.8 Å². The summed E-state index contributed by atoms with van der Waals surface area (Å²) < 4.78 is 0. The molecule has 0 spiro atoms. The summed E-state index contributed by atoms with van der Waals surface area (Å²) in [5, 5.41) is 0. The average Bonchev–Trinajstić information content (AvgIpc) is 2.92. The maximum Gasteiger partial charge on any atom is 0.0692 e. The number of allylic oxidation sites excluding steroid dienone is 4. The number of hydrogen-bond donors (Lipinski definition) is 0. The first kappa shape index (κ1) is 18.1. The minimum absolute atomic E-state index is 0.822. The molecule has 1 heteroatoms. The van der Waals surface area contributed by atoms with Crippen molar-refractivity contribution in [3.63, 3.8) is 0 Å². The van der Waals surface area contributed by atoms with E-state index < -0.39 is 0 Å². The monoisotopic (exact) mass is 362 g/mol. The van der Waals surface area contributed by atoms with E-state index in [1.807, 2.05) is 0 Å². The van der Waals surface area contributed by atoms with E-state index in [0.717, 1.165) is 19.4 Å². The van der Waals surface area contributed by atoms with Gasteiger partial charge in [-0.05, 0) is 46.8 Å².